The summed E-state index contributed by atoms with van der Waals surface area (Å²) in [5.74, 6) is 1.09. The molecule has 2 heterocycles. The zero-order valence-electron chi connectivity index (χ0n) is 19.3. The second kappa shape index (κ2) is 11.0. The van der Waals surface area contributed by atoms with E-state index in [1.807, 2.05) is 19.0 Å². The number of likely N-dealkylation sites (N-methyl/N-ethyl adjacent to an activating group) is 1. The topological polar surface area (TPSA) is 115 Å². The van der Waals surface area contributed by atoms with Gasteiger partial charge in [0.25, 0.3) is 12.4 Å². The molecule has 2 aliphatic rings. The fraction of sp³-hybridized carbons (Fsp3) is 0.591. The van der Waals surface area contributed by atoms with Crippen LogP contribution in [-0.2, 0) is 14.3 Å². The standard InChI is InChI=1S/C21H30N2O6.CH2O2/c1-22(2)13-15-12-21(20(25)29-15)6-8-23(9-7-21)19(24)14-10-16(26-3)18(28-5)17(11-14)27-4;2-1-3/h10-11,15H,6-9,12-13H2,1-5H3;1H,(H,2,3). The number of likely N-dealkylation sites (tertiary alicyclic amines) is 1. The molecule has 32 heavy (non-hydrogen) atoms. The number of hydrogen-bond donors (Lipinski definition) is 1. The van der Waals surface area contributed by atoms with Crippen molar-refractivity contribution in [2.75, 3.05) is 55.1 Å². The average molecular weight is 453 g/mol. The second-order valence-corrected chi connectivity index (χ2v) is 8.09. The summed E-state index contributed by atoms with van der Waals surface area (Å²) in [6.45, 7) is 1.50. The van der Waals surface area contributed by atoms with Gasteiger partial charge in [0, 0.05) is 31.6 Å². The Hall–Kier alpha value is -3.01. The third-order valence-corrected chi connectivity index (χ3v) is 5.81. The van der Waals surface area contributed by atoms with Crippen LogP contribution in [0.15, 0.2) is 12.1 Å². The lowest BCUT2D eigenvalue weighted by Gasteiger charge is -2.36. The molecule has 2 fully saturated rings. The first-order valence-corrected chi connectivity index (χ1v) is 10.3. The molecular weight excluding hydrogens is 420 g/mol. The monoisotopic (exact) mass is 452 g/mol. The number of ether oxygens (including phenoxy) is 4. The number of cyclic esters (lactones) is 1. The maximum atomic E-state index is 13.1. The summed E-state index contributed by atoms with van der Waals surface area (Å²) in [4.78, 5) is 37.8. The van der Waals surface area contributed by atoms with Gasteiger partial charge in [-0.3, -0.25) is 14.4 Å². The molecule has 1 amide bonds. The number of piperidine rings is 1. The van der Waals surface area contributed by atoms with Crippen LogP contribution in [0.1, 0.15) is 29.6 Å². The molecule has 1 aromatic carbocycles. The van der Waals surface area contributed by atoms with E-state index < -0.39 is 5.41 Å². The van der Waals surface area contributed by atoms with Gasteiger partial charge in [-0.15, -0.1) is 0 Å². The Bertz CT molecular complexity index is 793. The van der Waals surface area contributed by atoms with Crippen molar-refractivity contribution in [2.45, 2.75) is 25.4 Å². The molecule has 1 aromatic rings. The molecule has 0 bridgehead atoms. The Balaban J connectivity index is 0.00000114. The highest BCUT2D eigenvalue weighted by molar-refractivity contribution is 5.96. The largest absolute Gasteiger partial charge is 0.493 e. The van der Waals surface area contributed by atoms with Gasteiger partial charge in [0.2, 0.25) is 5.75 Å². The van der Waals surface area contributed by atoms with E-state index in [0.717, 1.165) is 13.0 Å². The summed E-state index contributed by atoms with van der Waals surface area (Å²) in [7, 11) is 8.50. The predicted molar refractivity (Wildman–Crippen MR) is 115 cm³/mol. The number of esters is 1. The highest BCUT2D eigenvalue weighted by Crippen LogP contribution is 2.44. The van der Waals surface area contributed by atoms with Crippen LogP contribution >= 0.6 is 0 Å². The molecule has 0 radical (unpaired) electrons. The van der Waals surface area contributed by atoms with Crippen molar-refractivity contribution in [1.82, 2.24) is 9.80 Å². The quantitative estimate of drug-likeness (QED) is 0.507. The molecule has 10 heteroatoms. The number of rotatable bonds is 6. The lowest BCUT2D eigenvalue weighted by atomic mass is 9.76. The third kappa shape index (κ3) is 5.42. The number of amides is 1. The van der Waals surface area contributed by atoms with Crippen molar-refractivity contribution >= 4 is 18.3 Å². The Morgan fingerprint density at radius 3 is 2.16 bits per heavy atom. The molecule has 2 aliphatic heterocycles. The van der Waals surface area contributed by atoms with Crippen LogP contribution < -0.4 is 14.2 Å². The van der Waals surface area contributed by atoms with E-state index in [4.69, 9.17) is 28.8 Å². The van der Waals surface area contributed by atoms with Crippen molar-refractivity contribution in [1.29, 1.82) is 0 Å². The SMILES string of the molecule is COc1cc(C(=O)N2CCC3(CC2)CC(CN(C)C)OC3=O)cc(OC)c1OC.O=CO. The number of benzene rings is 1. The van der Waals surface area contributed by atoms with E-state index in [0.29, 0.717) is 48.7 Å². The molecule has 0 aromatic heterocycles. The summed E-state index contributed by atoms with van der Waals surface area (Å²) >= 11 is 0. The lowest BCUT2D eigenvalue weighted by molar-refractivity contribution is -0.150. The first kappa shape index (κ1) is 25.3. The van der Waals surface area contributed by atoms with Crippen LogP contribution in [0.25, 0.3) is 0 Å². The minimum absolute atomic E-state index is 0.0742. The zero-order chi connectivity index (χ0) is 23.9. The van der Waals surface area contributed by atoms with Crippen molar-refractivity contribution < 1.29 is 38.4 Å². The van der Waals surface area contributed by atoms with E-state index in [1.165, 1.54) is 21.3 Å². The molecule has 0 aliphatic carbocycles. The molecule has 1 atom stereocenters. The third-order valence-electron chi connectivity index (χ3n) is 5.81. The number of methoxy groups -OCH3 is 3. The minimum atomic E-state index is -0.466. The van der Waals surface area contributed by atoms with Crippen molar-refractivity contribution in [3.8, 4) is 17.2 Å². The molecule has 1 spiro atoms. The molecule has 3 rings (SSSR count). The minimum Gasteiger partial charge on any atom is -0.493 e. The van der Waals surface area contributed by atoms with Gasteiger partial charge in [0.15, 0.2) is 11.5 Å². The van der Waals surface area contributed by atoms with Crippen molar-refractivity contribution in [2.24, 2.45) is 5.41 Å². The highest BCUT2D eigenvalue weighted by atomic mass is 16.6. The summed E-state index contributed by atoms with van der Waals surface area (Å²) < 4.78 is 21.6. The smallest absolute Gasteiger partial charge is 0.312 e. The number of carboxylic acid groups (broad SMARTS) is 1. The number of hydrogen-bond acceptors (Lipinski definition) is 8. The summed E-state index contributed by atoms with van der Waals surface area (Å²) in [5, 5.41) is 6.89. The fourth-order valence-corrected chi connectivity index (χ4v) is 4.28. The van der Waals surface area contributed by atoms with Gasteiger partial charge < -0.3 is 33.9 Å². The maximum absolute atomic E-state index is 13.1. The first-order chi connectivity index (χ1) is 15.2. The maximum Gasteiger partial charge on any atom is 0.312 e. The molecule has 1 unspecified atom stereocenters. The molecule has 10 nitrogen and oxygen atoms in total. The van der Waals surface area contributed by atoms with Crippen LogP contribution in [0, 0.1) is 5.41 Å². The summed E-state index contributed by atoms with van der Waals surface area (Å²) in [5.41, 5.74) is 0.00200. The van der Waals surface area contributed by atoms with E-state index >= 15 is 0 Å². The van der Waals surface area contributed by atoms with Crippen LogP contribution in [0.2, 0.25) is 0 Å². The van der Waals surface area contributed by atoms with Crippen LogP contribution in [0.3, 0.4) is 0 Å². The lowest BCUT2D eigenvalue weighted by Crippen LogP contribution is -2.45. The second-order valence-electron chi connectivity index (χ2n) is 8.09. The van der Waals surface area contributed by atoms with Gasteiger partial charge in [0.05, 0.1) is 26.7 Å². The van der Waals surface area contributed by atoms with Crippen LogP contribution in [-0.4, -0.2) is 94.4 Å². The van der Waals surface area contributed by atoms with Gasteiger partial charge in [-0.25, -0.2) is 0 Å². The van der Waals surface area contributed by atoms with Crippen LogP contribution in [0.4, 0.5) is 0 Å². The van der Waals surface area contributed by atoms with Gasteiger partial charge >= 0.3 is 5.97 Å². The number of nitrogens with zero attached hydrogens (tertiary/aromatic N) is 2. The van der Waals surface area contributed by atoms with Crippen molar-refractivity contribution in [3.63, 3.8) is 0 Å². The predicted octanol–water partition coefficient (Wildman–Crippen LogP) is 1.51. The van der Waals surface area contributed by atoms with Gasteiger partial charge in [0.1, 0.15) is 6.10 Å². The van der Waals surface area contributed by atoms with Crippen molar-refractivity contribution in [3.05, 3.63) is 17.7 Å². The zero-order valence-corrected chi connectivity index (χ0v) is 19.3. The Morgan fingerprint density at radius 2 is 1.72 bits per heavy atom. The average Bonchev–Trinajstić information content (AvgIpc) is 3.06. The molecule has 178 valence electrons. The van der Waals surface area contributed by atoms with E-state index in [2.05, 4.69) is 0 Å². The molecule has 1 N–H and O–H groups in total. The number of carbonyl (C=O) groups excluding carboxylic acids is 2. The summed E-state index contributed by atoms with van der Waals surface area (Å²) in [6, 6.07) is 3.32. The van der Waals surface area contributed by atoms with E-state index in [1.54, 1.807) is 17.0 Å². The van der Waals surface area contributed by atoms with Crippen LogP contribution in [0.5, 0.6) is 17.2 Å². The Kier molecular flexibility index (Phi) is 8.71. The van der Waals surface area contributed by atoms with Gasteiger partial charge in [-0.2, -0.15) is 0 Å². The molecular formula is C22H32N2O8. The molecule has 0 saturated carbocycles. The van der Waals surface area contributed by atoms with Gasteiger partial charge in [-0.1, -0.05) is 0 Å². The Labute approximate surface area is 188 Å². The summed E-state index contributed by atoms with van der Waals surface area (Å²) in [6.07, 6.45) is 1.88. The van der Waals surface area contributed by atoms with E-state index in [9.17, 15) is 9.59 Å². The number of carbonyl (C=O) groups is 3. The highest BCUT2D eigenvalue weighted by Gasteiger charge is 2.50. The first-order valence-electron chi connectivity index (χ1n) is 10.3. The van der Waals surface area contributed by atoms with Gasteiger partial charge in [-0.05, 0) is 39.1 Å². The van der Waals surface area contributed by atoms with E-state index in [-0.39, 0.29) is 24.5 Å². The molecule has 2 saturated heterocycles. The fourth-order valence-electron chi connectivity index (χ4n) is 4.28. The normalized spacial score (nSPS) is 19.1. The Morgan fingerprint density at radius 1 is 1.19 bits per heavy atom.